The van der Waals surface area contributed by atoms with Gasteiger partial charge in [0.25, 0.3) is 5.91 Å². The summed E-state index contributed by atoms with van der Waals surface area (Å²) in [5.41, 5.74) is 1.59. The Morgan fingerprint density at radius 2 is 0.870 bits per heavy atom. The highest BCUT2D eigenvalue weighted by Gasteiger charge is 2.36. The summed E-state index contributed by atoms with van der Waals surface area (Å²) in [4.78, 5) is 68.8. The average Bonchev–Trinajstić information content (AvgIpc) is 2.99. The van der Waals surface area contributed by atoms with Crippen LogP contribution in [0.1, 0.15) is 71.9 Å². The minimum Gasteiger partial charge on any atom is -0.451 e. The number of carbonyl (C=O) groups excluding carboxylic acids is 5. The van der Waals surface area contributed by atoms with Crippen molar-refractivity contribution >= 4 is 29.6 Å². The molecule has 0 aromatic heterocycles. The molecule has 250 valence electrons. The summed E-state index contributed by atoms with van der Waals surface area (Å²) in [6, 6.07) is 14.3. The van der Waals surface area contributed by atoms with Gasteiger partial charge in [-0.05, 0) is 48.1 Å². The number of amides is 4. The monoisotopic (exact) mass is 634 g/mol. The molecule has 1 aliphatic heterocycles. The highest BCUT2D eigenvalue weighted by molar-refractivity contribution is 5.96. The molecular weight excluding hydrogens is 584 g/mol. The molecule has 1 aliphatic rings. The lowest BCUT2D eigenvalue weighted by molar-refractivity contribution is -0.160. The van der Waals surface area contributed by atoms with Crippen molar-refractivity contribution < 1.29 is 28.7 Å². The summed E-state index contributed by atoms with van der Waals surface area (Å²) in [6.45, 7) is 11.5. The molecule has 10 heteroatoms. The summed E-state index contributed by atoms with van der Waals surface area (Å²) >= 11 is 0. The van der Waals surface area contributed by atoms with Gasteiger partial charge in [0.2, 0.25) is 17.7 Å². The third-order valence-corrected chi connectivity index (χ3v) is 7.72. The molecule has 1 saturated heterocycles. The number of hydrogen-bond donors (Lipinski definition) is 4. The summed E-state index contributed by atoms with van der Waals surface area (Å²) in [6.07, 6.45) is -0.112. The second kappa shape index (κ2) is 17.5. The quantitative estimate of drug-likeness (QED) is 0.295. The first-order valence-corrected chi connectivity index (χ1v) is 16.3. The number of carbonyl (C=O) groups is 5. The van der Waals surface area contributed by atoms with Gasteiger partial charge in [-0.1, -0.05) is 102 Å². The predicted octanol–water partition coefficient (Wildman–Crippen LogP) is 3.47. The first-order chi connectivity index (χ1) is 21.8. The van der Waals surface area contributed by atoms with E-state index in [0.29, 0.717) is 12.8 Å². The highest BCUT2D eigenvalue weighted by Crippen LogP contribution is 2.16. The maximum Gasteiger partial charge on any atom is 0.329 e. The summed E-state index contributed by atoms with van der Waals surface area (Å²) in [7, 11) is 0. The van der Waals surface area contributed by atoms with Crippen LogP contribution < -0.4 is 21.3 Å². The number of ether oxygens (including phenoxy) is 1. The summed E-state index contributed by atoms with van der Waals surface area (Å²) in [5, 5.41) is 11.3. The van der Waals surface area contributed by atoms with Gasteiger partial charge in [0.1, 0.15) is 24.2 Å². The fourth-order valence-corrected chi connectivity index (χ4v) is 5.45. The molecule has 46 heavy (non-hydrogen) atoms. The van der Waals surface area contributed by atoms with E-state index in [1.165, 1.54) is 0 Å². The molecule has 3 rings (SSSR count). The van der Waals surface area contributed by atoms with E-state index in [9.17, 15) is 24.0 Å². The SMILES string of the molecule is CC(C)CC1NC(=O)C(Cc2ccccc2)NC(=O)C(CC(C)C)OC(=O)C(Cc2ccccc2)NC(=O)C(CC(C)C)NC1=O. The van der Waals surface area contributed by atoms with Crippen molar-refractivity contribution in [2.24, 2.45) is 17.8 Å². The van der Waals surface area contributed by atoms with Crippen molar-refractivity contribution in [2.45, 2.75) is 104 Å². The van der Waals surface area contributed by atoms with Gasteiger partial charge in [0.15, 0.2) is 6.10 Å². The van der Waals surface area contributed by atoms with Gasteiger partial charge in [-0.2, -0.15) is 0 Å². The van der Waals surface area contributed by atoms with Crippen molar-refractivity contribution in [3.05, 3.63) is 71.8 Å². The largest absolute Gasteiger partial charge is 0.451 e. The van der Waals surface area contributed by atoms with Crippen LogP contribution in [0.4, 0.5) is 0 Å². The molecule has 0 spiro atoms. The van der Waals surface area contributed by atoms with E-state index < -0.39 is 59.9 Å². The molecule has 5 unspecified atom stereocenters. The molecule has 2 aromatic rings. The normalized spacial score (nSPS) is 23.6. The third kappa shape index (κ3) is 11.6. The Balaban J connectivity index is 2.08. The standard InChI is InChI=1S/C36H50N4O6/c1-22(2)17-27-32(41)37-28(18-23(3)4)33(42)40-30(21-26-15-11-8-12-16-26)36(45)46-31(19-24(5)6)35(44)39-29(34(43)38-27)20-25-13-9-7-10-14-25/h7-16,22-24,27-31H,17-21H2,1-6H3,(H,37,41)(H,38,43)(H,39,44)(H,40,42). The van der Waals surface area contributed by atoms with E-state index in [4.69, 9.17) is 4.74 Å². The third-order valence-electron chi connectivity index (χ3n) is 7.72. The highest BCUT2D eigenvalue weighted by atomic mass is 16.5. The Hall–Kier alpha value is -4.21. The number of esters is 1. The van der Waals surface area contributed by atoms with E-state index in [1.54, 1.807) is 0 Å². The van der Waals surface area contributed by atoms with E-state index in [0.717, 1.165) is 11.1 Å². The minimum atomic E-state index is -1.21. The Morgan fingerprint density at radius 3 is 1.30 bits per heavy atom. The Bertz CT molecular complexity index is 1270. The van der Waals surface area contributed by atoms with E-state index in [-0.39, 0.29) is 37.0 Å². The summed E-state index contributed by atoms with van der Waals surface area (Å²) < 4.78 is 5.84. The van der Waals surface area contributed by atoms with Gasteiger partial charge in [0.05, 0.1) is 0 Å². The fraction of sp³-hybridized carbons (Fsp3) is 0.528. The smallest absolute Gasteiger partial charge is 0.329 e. The first kappa shape index (κ1) is 36.3. The van der Waals surface area contributed by atoms with Crippen molar-refractivity contribution in [3.63, 3.8) is 0 Å². The zero-order valence-corrected chi connectivity index (χ0v) is 27.9. The summed E-state index contributed by atoms with van der Waals surface area (Å²) in [5.74, 6) is -2.96. The van der Waals surface area contributed by atoms with Crippen LogP contribution in [0.5, 0.6) is 0 Å². The second-order valence-corrected chi connectivity index (χ2v) is 13.4. The lowest BCUT2D eigenvalue weighted by Crippen LogP contribution is -2.58. The van der Waals surface area contributed by atoms with Crippen LogP contribution in [-0.4, -0.2) is 59.9 Å². The van der Waals surface area contributed by atoms with Crippen molar-refractivity contribution in [1.82, 2.24) is 21.3 Å². The number of hydrogen-bond acceptors (Lipinski definition) is 6. The molecule has 4 N–H and O–H groups in total. The molecule has 0 aliphatic carbocycles. The lowest BCUT2D eigenvalue weighted by atomic mass is 9.98. The zero-order chi connectivity index (χ0) is 33.8. The van der Waals surface area contributed by atoms with Crippen molar-refractivity contribution in [1.29, 1.82) is 0 Å². The molecule has 10 nitrogen and oxygen atoms in total. The van der Waals surface area contributed by atoms with Crippen LogP contribution in [0.2, 0.25) is 0 Å². The number of cyclic esters (lactones) is 1. The van der Waals surface area contributed by atoms with Crippen LogP contribution in [-0.2, 0) is 41.6 Å². The maximum atomic E-state index is 13.8. The van der Waals surface area contributed by atoms with Crippen LogP contribution in [0.15, 0.2) is 60.7 Å². The Morgan fingerprint density at radius 1 is 0.500 bits per heavy atom. The fourth-order valence-electron chi connectivity index (χ4n) is 5.45. The lowest BCUT2D eigenvalue weighted by Gasteiger charge is -2.27. The van der Waals surface area contributed by atoms with Gasteiger partial charge in [0, 0.05) is 12.8 Å². The van der Waals surface area contributed by atoms with Gasteiger partial charge < -0.3 is 26.0 Å². The molecule has 0 radical (unpaired) electrons. The molecule has 0 bridgehead atoms. The van der Waals surface area contributed by atoms with Gasteiger partial charge in [-0.15, -0.1) is 0 Å². The Labute approximate surface area is 272 Å². The molecule has 0 saturated carbocycles. The van der Waals surface area contributed by atoms with E-state index >= 15 is 0 Å². The number of benzene rings is 2. The van der Waals surface area contributed by atoms with Crippen molar-refractivity contribution in [3.8, 4) is 0 Å². The van der Waals surface area contributed by atoms with Gasteiger partial charge in [-0.25, -0.2) is 4.79 Å². The van der Waals surface area contributed by atoms with E-state index in [2.05, 4.69) is 21.3 Å². The minimum absolute atomic E-state index is 0.0261. The topological polar surface area (TPSA) is 143 Å². The molecular formula is C36H50N4O6. The van der Waals surface area contributed by atoms with Crippen LogP contribution in [0.25, 0.3) is 0 Å². The number of nitrogens with one attached hydrogen (secondary N) is 4. The molecule has 4 amide bonds. The van der Waals surface area contributed by atoms with E-state index in [1.807, 2.05) is 102 Å². The van der Waals surface area contributed by atoms with Crippen molar-refractivity contribution in [2.75, 3.05) is 0 Å². The van der Waals surface area contributed by atoms with Crippen LogP contribution in [0, 0.1) is 17.8 Å². The number of rotatable bonds is 10. The van der Waals surface area contributed by atoms with Crippen LogP contribution >= 0.6 is 0 Å². The zero-order valence-electron chi connectivity index (χ0n) is 27.9. The molecule has 1 heterocycles. The van der Waals surface area contributed by atoms with Gasteiger partial charge >= 0.3 is 5.97 Å². The Kier molecular flexibility index (Phi) is 13.8. The maximum absolute atomic E-state index is 13.8. The molecule has 2 aromatic carbocycles. The first-order valence-electron chi connectivity index (χ1n) is 16.3. The molecule has 5 atom stereocenters. The van der Waals surface area contributed by atoms with Crippen LogP contribution in [0.3, 0.4) is 0 Å². The van der Waals surface area contributed by atoms with Gasteiger partial charge in [-0.3, -0.25) is 19.2 Å². The average molecular weight is 635 g/mol. The molecule has 1 fully saturated rings. The second-order valence-electron chi connectivity index (χ2n) is 13.4. The predicted molar refractivity (Wildman–Crippen MR) is 176 cm³/mol.